The van der Waals surface area contributed by atoms with E-state index in [2.05, 4.69) is 66.5 Å². The molecule has 39 heavy (non-hydrogen) atoms. The highest BCUT2D eigenvalue weighted by Crippen LogP contribution is 2.43. The van der Waals surface area contributed by atoms with Crippen molar-refractivity contribution in [3.63, 3.8) is 0 Å². The number of hydrogen-bond donors (Lipinski definition) is 2. The Bertz CT molecular complexity index is 1470. The van der Waals surface area contributed by atoms with Crippen LogP contribution in [-0.4, -0.2) is 48.4 Å². The van der Waals surface area contributed by atoms with E-state index in [9.17, 15) is 4.79 Å². The van der Waals surface area contributed by atoms with E-state index in [1.54, 1.807) is 12.3 Å². The number of hydrogen-bond acceptors (Lipinski definition) is 5. The molecular formula is C29H29ClN6O2S. The van der Waals surface area contributed by atoms with Crippen LogP contribution >= 0.6 is 23.8 Å². The van der Waals surface area contributed by atoms with Crippen molar-refractivity contribution in [1.29, 1.82) is 0 Å². The number of pyridine rings is 1. The Morgan fingerprint density at radius 3 is 2.54 bits per heavy atom. The maximum atomic E-state index is 12.0. The molecule has 3 heterocycles. The van der Waals surface area contributed by atoms with Crippen LogP contribution in [0.25, 0.3) is 5.69 Å². The van der Waals surface area contributed by atoms with Crippen LogP contribution in [0.1, 0.15) is 23.5 Å². The Labute approximate surface area is 238 Å². The first-order chi connectivity index (χ1) is 18.9. The third-order valence-electron chi connectivity index (χ3n) is 6.61. The van der Waals surface area contributed by atoms with Crippen LogP contribution in [0.5, 0.6) is 0 Å². The molecule has 1 saturated heterocycles. The molecule has 0 saturated carbocycles. The van der Waals surface area contributed by atoms with E-state index in [-0.39, 0.29) is 24.6 Å². The predicted octanol–water partition coefficient (Wildman–Crippen LogP) is 5.35. The summed E-state index contributed by atoms with van der Waals surface area (Å²) in [5.41, 5.74) is 5.36. The number of rotatable bonds is 8. The van der Waals surface area contributed by atoms with E-state index >= 15 is 0 Å². The Morgan fingerprint density at radius 2 is 1.87 bits per heavy atom. The number of nitrogens with one attached hydrogen (secondary N) is 2. The summed E-state index contributed by atoms with van der Waals surface area (Å²) >= 11 is 12.5. The van der Waals surface area contributed by atoms with Gasteiger partial charge in [0.2, 0.25) is 5.91 Å². The largest absolute Gasteiger partial charge is 0.378 e. The van der Waals surface area contributed by atoms with Gasteiger partial charge in [0, 0.05) is 56.4 Å². The first-order valence-electron chi connectivity index (χ1n) is 12.4. The molecule has 1 aliphatic heterocycles. The summed E-state index contributed by atoms with van der Waals surface area (Å²) in [6.07, 6.45) is 3.84. The minimum Gasteiger partial charge on any atom is -0.378 e. The Balaban J connectivity index is 1.57. The molecule has 2 aromatic carbocycles. The van der Waals surface area contributed by atoms with Gasteiger partial charge in [-0.2, -0.15) is 0 Å². The molecule has 8 nitrogen and oxygen atoms in total. The number of thiocarbonyl (C=S) groups is 1. The smallest absolute Gasteiger partial charge is 0.250 e. The molecule has 0 spiro atoms. The van der Waals surface area contributed by atoms with Crippen LogP contribution in [0.15, 0.2) is 85.2 Å². The van der Waals surface area contributed by atoms with E-state index in [1.807, 2.05) is 50.5 Å². The first-order valence-corrected chi connectivity index (χ1v) is 13.2. The molecule has 5 rings (SSSR count). The zero-order chi connectivity index (χ0) is 27.5. The molecule has 2 atom stereocenters. The lowest BCUT2D eigenvalue weighted by molar-refractivity contribution is -0.119. The van der Waals surface area contributed by atoms with Crippen molar-refractivity contribution in [1.82, 2.24) is 14.9 Å². The van der Waals surface area contributed by atoms with Gasteiger partial charge in [-0.05, 0) is 78.9 Å². The van der Waals surface area contributed by atoms with Crippen LogP contribution in [0.4, 0.5) is 17.1 Å². The minimum atomic E-state index is -0.281. The highest BCUT2D eigenvalue weighted by atomic mass is 35.5. The number of carbonyl (C=O) groups excluding carboxylic acids is 1. The maximum absolute atomic E-state index is 12.0. The first kappa shape index (κ1) is 26.7. The molecule has 2 aromatic heterocycles. The number of anilines is 3. The van der Waals surface area contributed by atoms with Gasteiger partial charge in [-0.1, -0.05) is 17.7 Å². The monoisotopic (exact) mass is 560 g/mol. The van der Waals surface area contributed by atoms with Gasteiger partial charge in [-0.3, -0.25) is 9.78 Å². The number of ether oxygens (including phenoxy) is 1. The van der Waals surface area contributed by atoms with Crippen LogP contribution < -0.4 is 20.4 Å². The molecule has 0 radical (unpaired) electrons. The van der Waals surface area contributed by atoms with Crippen molar-refractivity contribution < 1.29 is 9.53 Å². The van der Waals surface area contributed by atoms with E-state index in [0.29, 0.717) is 15.8 Å². The number of carbonyl (C=O) groups is 1. The van der Waals surface area contributed by atoms with Gasteiger partial charge in [0.05, 0.1) is 22.4 Å². The number of halogens is 1. The highest BCUT2D eigenvalue weighted by molar-refractivity contribution is 7.80. The SMILES string of the molecule is COCC(=O)Nc1ccc(N2C(=S)NC(c3ccccn3)C2c2cccn2-c2ccc(N(C)C)cc2)cc1Cl. The molecule has 1 aliphatic rings. The summed E-state index contributed by atoms with van der Waals surface area (Å²) < 4.78 is 7.08. The van der Waals surface area contributed by atoms with Gasteiger partial charge < -0.3 is 29.7 Å². The minimum absolute atomic E-state index is 0.0570. The number of nitrogens with zero attached hydrogens (tertiary/aromatic N) is 4. The van der Waals surface area contributed by atoms with Gasteiger partial charge in [0.25, 0.3) is 0 Å². The quantitative estimate of drug-likeness (QED) is 0.281. The van der Waals surface area contributed by atoms with Crippen LogP contribution in [0.2, 0.25) is 5.02 Å². The maximum Gasteiger partial charge on any atom is 0.250 e. The summed E-state index contributed by atoms with van der Waals surface area (Å²) in [6.45, 7) is -0.0570. The zero-order valence-corrected chi connectivity index (χ0v) is 23.4. The predicted molar refractivity (Wildman–Crippen MR) is 160 cm³/mol. The molecule has 1 amide bonds. The molecule has 200 valence electrons. The van der Waals surface area contributed by atoms with E-state index in [1.165, 1.54) is 7.11 Å². The molecule has 10 heteroatoms. The number of amides is 1. The van der Waals surface area contributed by atoms with Crippen LogP contribution in [0.3, 0.4) is 0 Å². The summed E-state index contributed by atoms with van der Waals surface area (Å²) in [4.78, 5) is 20.8. The average molecular weight is 561 g/mol. The molecule has 0 bridgehead atoms. The summed E-state index contributed by atoms with van der Waals surface area (Å²) in [6, 6.07) is 23.4. The lowest BCUT2D eigenvalue weighted by Gasteiger charge is -2.29. The normalized spacial score (nSPS) is 16.7. The van der Waals surface area contributed by atoms with Gasteiger partial charge in [0.15, 0.2) is 5.11 Å². The van der Waals surface area contributed by atoms with E-state index < -0.39 is 0 Å². The Hall–Kier alpha value is -3.92. The van der Waals surface area contributed by atoms with Crippen molar-refractivity contribution in [3.8, 4) is 5.69 Å². The van der Waals surface area contributed by atoms with Crippen molar-refractivity contribution in [2.45, 2.75) is 12.1 Å². The van der Waals surface area contributed by atoms with Crippen LogP contribution in [-0.2, 0) is 9.53 Å². The Morgan fingerprint density at radius 1 is 1.10 bits per heavy atom. The topological polar surface area (TPSA) is 74.7 Å². The van der Waals surface area contributed by atoms with E-state index in [0.717, 1.165) is 28.5 Å². The van der Waals surface area contributed by atoms with Crippen molar-refractivity contribution in [2.75, 3.05) is 42.9 Å². The fourth-order valence-corrected chi connectivity index (χ4v) is 5.36. The van der Waals surface area contributed by atoms with Crippen molar-refractivity contribution >= 4 is 51.9 Å². The highest BCUT2D eigenvalue weighted by Gasteiger charge is 2.42. The molecule has 2 unspecified atom stereocenters. The molecule has 2 N–H and O–H groups in total. The number of aromatic nitrogens is 2. The lowest BCUT2D eigenvalue weighted by atomic mass is 10.0. The third-order valence-corrected chi connectivity index (χ3v) is 7.23. The Kier molecular flexibility index (Phi) is 7.83. The fourth-order valence-electron chi connectivity index (χ4n) is 4.79. The van der Waals surface area contributed by atoms with Crippen molar-refractivity contribution in [2.24, 2.45) is 0 Å². The molecule has 0 aliphatic carbocycles. The summed E-state index contributed by atoms with van der Waals surface area (Å²) in [7, 11) is 5.52. The fraction of sp³-hybridized carbons (Fsp3) is 0.207. The lowest BCUT2D eigenvalue weighted by Crippen LogP contribution is -2.30. The summed E-state index contributed by atoms with van der Waals surface area (Å²) in [5.74, 6) is -0.281. The van der Waals surface area contributed by atoms with Gasteiger partial charge in [-0.25, -0.2) is 0 Å². The van der Waals surface area contributed by atoms with Gasteiger partial charge >= 0.3 is 0 Å². The summed E-state index contributed by atoms with van der Waals surface area (Å²) in [5, 5.41) is 7.22. The number of methoxy groups -OCH3 is 1. The van der Waals surface area contributed by atoms with E-state index in [4.69, 9.17) is 28.6 Å². The van der Waals surface area contributed by atoms with Crippen molar-refractivity contribution in [3.05, 3.63) is 102 Å². The number of benzene rings is 2. The standard InChI is InChI=1S/C29H29ClN6O2S/c1-34(2)19-9-11-20(12-10-19)35-16-6-8-25(35)28-27(24-7-4-5-15-31-24)33-29(39)36(28)21-13-14-23(22(30)17-21)32-26(37)18-38-3/h4-17,27-28H,18H2,1-3H3,(H,32,37)(H,33,39). The van der Waals surface area contributed by atoms with Gasteiger partial charge in [0.1, 0.15) is 12.6 Å². The molecule has 1 fully saturated rings. The average Bonchev–Trinajstić information content (AvgIpc) is 3.55. The van der Waals surface area contributed by atoms with Crippen LogP contribution in [0, 0.1) is 0 Å². The second-order valence-electron chi connectivity index (χ2n) is 9.36. The van der Waals surface area contributed by atoms with Gasteiger partial charge in [-0.15, -0.1) is 0 Å². The second kappa shape index (κ2) is 11.4. The third kappa shape index (κ3) is 5.47. The zero-order valence-electron chi connectivity index (χ0n) is 21.8. The second-order valence-corrected chi connectivity index (χ2v) is 10.1. The molecule has 4 aromatic rings. The molecular weight excluding hydrogens is 532 g/mol.